The van der Waals surface area contributed by atoms with Crippen LogP contribution in [0.5, 0.6) is 0 Å². The molecule has 5 nitrogen and oxygen atoms in total. The number of hydrogen-bond acceptors (Lipinski definition) is 5. The molecule has 84 valence electrons. The summed E-state index contributed by atoms with van der Waals surface area (Å²) < 4.78 is 5.69. The van der Waals surface area contributed by atoms with Gasteiger partial charge in [0.15, 0.2) is 6.33 Å². The zero-order chi connectivity index (χ0) is 11.4. The van der Waals surface area contributed by atoms with Gasteiger partial charge in [0.2, 0.25) is 5.89 Å². The number of nitrogens with one attached hydrogen (secondary N) is 1. The zero-order valence-corrected chi connectivity index (χ0v) is 10.5. The number of rotatable bonds is 4. The summed E-state index contributed by atoms with van der Waals surface area (Å²) in [4.78, 5) is 8.05. The minimum absolute atomic E-state index is 0.592. The predicted molar refractivity (Wildman–Crippen MR) is 63.4 cm³/mol. The van der Waals surface area contributed by atoms with Gasteiger partial charge in [-0.25, -0.2) is 4.98 Å². The molecule has 0 unspecified atom stereocenters. The maximum absolute atomic E-state index is 5.78. The third kappa shape index (κ3) is 2.93. The number of aromatic nitrogens is 3. The molecule has 0 aromatic carbocycles. The molecule has 0 aliphatic rings. The Morgan fingerprint density at radius 1 is 1.44 bits per heavy atom. The fourth-order valence-corrected chi connectivity index (χ4v) is 1.92. The Kier molecular flexibility index (Phi) is 3.74. The molecule has 2 aromatic heterocycles. The lowest BCUT2D eigenvalue weighted by Crippen LogP contribution is -2.06. The lowest BCUT2D eigenvalue weighted by molar-refractivity contribution is 0.379. The van der Waals surface area contributed by atoms with Gasteiger partial charge in [-0.05, 0) is 22.0 Å². The highest BCUT2D eigenvalue weighted by Crippen LogP contribution is 2.22. The molecule has 2 aromatic rings. The van der Waals surface area contributed by atoms with E-state index < -0.39 is 0 Å². The van der Waals surface area contributed by atoms with E-state index in [9.17, 15) is 0 Å². The van der Waals surface area contributed by atoms with Gasteiger partial charge >= 0.3 is 0 Å². The van der Waals surface area contributed by atoms with E-state index in [0.29, 0.717) is 23.9 Å². The van der Waals surface area contributed by atoms with Crippen molar-refractivity contribution >= 4 is 33.3 Å². The van der Waals surface area contributed by atoms with E-state index in [1.54, 1.807) is 12.3 Å². The lowest BCUT2D eigenvalue weighted by atomic mass is 10.4. The quantitative estimate of drug-likeness (QED) is 0.940. The zero-order valence-electron chi connectivity index (χ0n) is 8.15. The van der Waals surface area contributed by atoms with Crippen LogP contribution in [0, 0.1) is 0 Å². The van der Waals surface area contributed by atoms with Crippen LogP contribution in [-0.4, -0.2) is 21.7 Å². The van der Waals surface area contributed by atoms with Gasteiger partial charge in [-0.2, -0.15) is 4.98 Å². The topological polar surface area (TPSA) is 63.8 Å². The minimum atomic E-state index is 0.592. The molecule has 0 saturated heterocycles. The average Bonchev–Trinajstić information content (AvgIpc) is 2.74. The van der Waals surface area contributed by atoms with Crippen LogP contribution < -0.4 is 5.32 Å². The molecular formula is C9H8BrClN4O. The Balaban J connectivity index is 1.90. The van der Waals surface area contributed by atoms with Gasteiger partial charge in [0.25, 0.3) is 0 Å². The second-order valence-electron chi connectivity index (χ2n) is 3.00. The van der Waals surface area contributed by atoms with Crippen LogP contribution in [0.3, 0.4) is 0 Å². The summed E-state index contributed by atoms with van der Waals surface area (Å²) in [6, 6.07) is 1.78. The Morgan fingerprint density at radius 2 is 2.31 bits per heavy atom. The fraction of sp³-hybridized carbons (Fsp3) is 0.222. The van der Waals surface area contributed by atoms with E-state index in [4.69, 9.17) is 16.1 Å². The summed E-state index contributed by atoms with van der Waals surface area (Å²) >= 11 is 9.14. The predicted octanol–water partition coefficient (Wildman–Crippen LogP) is 2.54. The van der Waals surface area contributed by atoms with Gasteiger partial charge in [0.05, 0.1) is 9.50 Å². The largest absolute Gasteiger partial charge is 0.369 e. The summed E-state index contributed by atoms with van der Waals surface area (Å²) in [5.41, 5.74) is 0. The Labute approximate surface area is 105 Å². The molecule has 16 heavy (non-hydrogen) atoms. The van der Waals surface area contributed by atoms with E-state index >= 15 is 0 Å². The lowest BCUT2D eigenvalue weighted by Gasteiger charge is -2.05. The summed E-state index contributed by atoms with van der Waals surface area (Å²) in [6.07, 6.45) is 3.61. The highest BCUT2D eigenvalue weighted by Gasteiger charge is 2.03. The molecule has 0 atom stereocenters. The Bertz CT molecular complexity index is 463. The maximum atomic E-state index is 5.78. The van der Waals surface area contributed by atoms with E-state index in [-0.39, 0.29) is 0 Å². The smallest absolute Gasteiger partial charge is 0.228 e. The van der Waals surface area contributed by atoms with Gasteiger partial charge in [-0.15, -0.1) is 0 Å². The number of nitrogens with zero attached hydrogens (tertiary/aromatic N) is 3. The summed E-state index contributed by atoms with van der Waals surface area (Å²) in [7, 11) is 0. The van der Waals surface area contributed by atoms with Crippen LogP contribution in [0.1, 0.15) is 5.89 Å². The highest BCUT2D eigenvalue weighted by molar-refractivity contribution is 9.10. The molecule has 0 spiro atoms. The van der Waals surface area contributed by atoms with Crippen molar-refractivity contribution in [1.82, 2.24) is 15.1 Å². The first-order chi connectivity index (χ1) is 7.75. The first-order valence-electron chi connectivity index (χ1n) is 4.56. The van der Waals surface area contributed by atoms with Crippen LogP contribution >= 0.6 is 27.5 Å². The monoisotopic (exact) mass is 302 g/mol. The van der Waals surface area contributed by atoms with Crippen LogP contribution in [-0.2, 0) is 6.42 Å². The maximum Gasteiger partial charge on any atom is 0.228 e. The first-order valence-corrected chi connectivity index (χ1v) is 5.73. The second kappa shape index (κ2) is 5.27. The molecular weight excluding hydrogens is 295 g/mol. The van der Waals surface area contributed by atoms with Crippen molar-refractivity contribution in [3.8, 4) is 0 Å². The Hall–Kier alpha value is -1.14. The molecule has 1 N–H and O–H groups in total. The molecule has 0 aliphatic carbocycles. The van der Waals surface area contributed by atoms with Crippen molar-refractivity contribution < 1.29 is 4.52 Å². The Morgan fingerprint density at radius 3 is 3.00 bits per heavy atom. The number of hydrogen-bond donors (Lipinski definition) is 1. The standard InChI is InChI=1S/C9H8BrClN4O/c10-7-3-6(11)4-13-9(7)12-2-1-8-14-5-15-16-8/h3-5H,1-2H2,(H,12,13). The second-order valence-corrected chi connectivity index (χ2v) is 4.29. The number of anilines is 1. The van der Waals surface area contributed by atoms with Crippen molar-refractivity contribution in [2.24, 2.45) is 0 Å². The molecule has 2 heterocycles. The van der Waals surface area contributed by atoms with Gasteiger partial charge in [0.1, 0.15) is 5.82 Å². The molecule has 0 saturated carbocycles. The molecule has 0 fully saturated rings. The molecule has 0 amide bonds. The first kappa shape index (κ1) is 11.3. The normalized spacial score (nSPS) is 10.4. The van der Waals surface area contributed by atoms with E-state index in [2.05, 4.69) is 36.4 Å². The van der Waals surface area contributed by atoms with Crippen molar-refractivity contribution in [3.05, 3.63) is 34.0 Å². The molecule has 0 bridgehead atoms. The van der Waals surface area contributed by atoms with E-state index in [0.717, 1.165) is 10.3 Å². The minimum Gasteiger partial charge on any atom is -0.369 e. The highest BCUT2D eigenvalue weighted by atomic mass is 79.9. The third-order valence-corrected chi connectivity index (χ3v) is 2.66. The summed E-state index contributed by atoms with van der Waals surface area (Å²) in [5, 5.41) is 7.25. The van der Waals surface area contributed by atoms with E-state index in [1.165, 1.54) is 6.33 Å². The van der Waals surface area contributed by atoms with Gasteiger partial charge < -0.3 is 9.84 Å². The molecule has 0 radical (unpaired) electrons. The van der Waals surface area contributed by atoms with Gasteiger partial charge in [-0.3, -0.25) is 0 Å². The van der Waals surface area contributed by atoms with Crippen molar-refractivity contribution in [3.63, 3.8) is 0 Å². The summed E-state index contributed by atoms with van der Waals surface area (Å²) in [5.74, 6) is 1.33. The fourth-order valence-electron chi connectivity index (χ4n) is 1.14. The molecule has 7 heteroatoms. The van der Waals surface area contributed by atoms with Gasteiger partial charge in [-0.1, -0.05) is 16.8 Å². The van der Waals surface area contributed by atoms with Gasteiger partial charge in [0, 0.05) is 19.2 Å². The summed E-state index contributed by atoms with van der Waals surface area (Å²) in [6.45, 7) is 0.662. The van der Waals surface area contributed by atoms with Crippen molar-refractivity contribution in [2.45, 2.75) is 6.42 Å². The number of pyridine rings is 1. The SMILES string of the molecule is Clc1cnc(NCCc2ncno2)c(Br)c1. The van der Waals surface area contributed by atoms with Crippen molar-refractivity contribution in [2.75, 3.05) is 11.9 Å². The molecule has 2 rings (SSSR count). The third-order valence-electron chi connectivity index (χ3n) is 1.85. The van der Waals surface area contributed by atoms with Crippen LogP contribution in [0.4, 0.5) is 5.82 Å². The molecule has 0 aliphatic heterocycles. The van der Waals surface area contributed by atoms with Crippen LogP contribution in [0.25, 0.3) is 0 Å². The average molecular weight is 304 g/mol. The van der Waals surface area contributed by atoms with Crippen LogP contribution in [0.2, 0.25) is 5.02 Å². The van der Waals surface area contributed by atoms with E-state index in [1.807, 2.05) is 0 Å². The number of halogens is 2. The van der Waals surface area contributed by atoms with Crippen molar-refractivity contribution in [1.29, 1.82) is 0 Å². The van der Waals surface area contributed by atoms with Crippen LogP contribution in [0.15, 0.2) is 27.6 Å².